The zero-order valence-corrected chi connectivity index (χ0v) is 12.0. The van der Waals surface area contributed by atoms with Crippen LogP contribution in [0.25, 0.3) is 0 Å². The number of nitrogens with one attached hydrogen (secondary N) is 2. The molecule has 3 nitrogen and oxygen atoms in total. The quantitative estimate of drug-likeness (QED) is 0.382. The van der Waals surface area contributed by atoms with Crippen molar-refractivity contribution in [2.75, 3.05) is 6.54 Å². The number of rotatable bonds is 3. The van der Waals surface area contributed by atoms with Gasteiger partial charge in [-0.15, -0.1) is 0 Å². The van der Waals surface area contributed by atoms with Crippen LogP contribution in [0.3, 0.4) is 0 Å². The average molecular weight is 343 g/mol. The Hall–Kier alpha value is -1.84. The van der Waals surface area contributed by atoms with E-state index in [0.717, 1.165) is 12.1 Å². The summed E-state index contributed by atoms with van der Waals surface area (Å²) < 4.78 is 73.5. The summed E-state index contributed by atoms with van der Waals surface area (Å²) in [6.07, 6.45) is -8.93. The molecule has 0 aliphatic carbocycles. The molecule has 10 heteroatoms. The first-order chi connectivity index (χ1) is 9.99. The van der Waals surface area contributed by atoms with E-state index in [4.69, 9.17) is 0 Å². The standard InChI is InChI=1S/C12H11F6N3S/c1-7(20-21-10(22)19-6-11(13,14)15)8-3-2-4-9(5-8)12(16,17)18/h2-5H,6H2,1H3,(H2,19,21,22)/b20-7+. The van der Waals surface area contributed by atoms with Crippen molar-refractivity contribution < 1.29 is 26.3 Å². The second-order valence-corrected chi connectivity index (χ2v) is 4.59. The van der Waals surface area contributed by atoms with Gasteiger partial charge in [0.1, 0.15) is 6.54 Å². The second kappa shape index (κ2) is 6.95. The van der Waals surface area contributed by atoms with Crippen molar-refractivity contribution in [2.24, 2.45) is 5.10 Å². The van der Waals surface area contributed by atoms with E-state index >= 15 is 0 Å². The number of alkyl halides is 6. The number of hydrazone groups is 1. The predicted molar refractivity (Wildman–Crippen MR) is 73.4 cm³/mol. The first kappa shape index (κ1) is 18.2. The summed E-state index contributed by atoms with van der Waals surface area (Å²) in [5, 5.41) is 5.13. The molecule has 0 bridgehead atoms. The van der Waals surface area contributed by atoms with Crippen LogP contribution >= 0.6 is 12.2 Å². The molecule has 1 aromatic rings. The lowest BCUT2D eigenvalue weighted by molar-refractivity contribution is -0.137. The van der Waals surface area contributed by atoms with Gasteiger partial charge in [-0.25, -0.2) is 0 Å². The molecular formula is C12H11F6N3S. The third-order valence-electron chi connectivity index (χ3n) is 2.38. The Morgan fingerprint density at radius 3 is 2.36 bits per heavy atom. The van der Waals surface area contributed by atoms with Gasteiger partial charge in [0, 0.05) is 0 Å². The number of hydrogen-bond donors (Lipinski definition) is 2. The van der Waals surface area contributed by atoms with Gasteiger partial charge >= 0.3 is 12.4 Å². The molecule has 0 aliphatic heterocycles. The molecule has 0 spiro atoms. The lowest BCUT2D eigenvalue weighted by Crippen LogP contribution is -2.38. The van der Waals surface area contributed by atoms with Crippen molar-refractivity contribution in [3.05, 3.63) is 35.4 Å². The maximum atomic E-state index is 12.6. The lowest BCUT2D eigenvalue weighted by Gasteiger charge is -2.11. The van der Waals surface area contributed by atoms with Crippen LogP contribution in [0.5, 0.6) is 0 Å². The van der Waals surface area contributed by atoms with Crippen LogP contribution in [-0.4, -0.2) is 23.5 Å². The third kappa shape index (κ3) is 6.29. The maximum Gasteiger partial charge on any atom is 0.416 e. The molecule has 0 aliphatic rings. The van der Waals surface area contributed by atoms with Crippen LogP contribution in [0.4, 0.5) is 26.3 Å². The third-order valence-corrected chi connectivity index (χ3v) is 2.62. The Labute approximate surface area is 127 Å². The minimum atomic E-state index is -4.49. The Morgan fingerprint density at radius 2 is 1.82 bits per heavy atom. The van der Waals surface area contributed by atoms with Gasteiger partial charge in [-0.05, 0) is 36.8 Å². The van der Waals surface area contributed by atoms with Crippen LogP contribution in [0.2, 0.25) is 0 Å². The van der Waals surface area contributed by atoms with Crippen LogP contribution in [0.1, 0.15) is 18.1 Å². The van der Waals surface area contributed by atoms with Gasteiger partial charge in [0.15, 0.2) is 5.11 Å². The molecular weight excluding hydrogens is 332 g/mol. The van der Waals surface area contributed by atoms with E-state index in [2.05, 4.69) is 22.7 Å². The van der Waals surface area contributed by atoms with Crippen LogP contribution < -0.4 is 10.7 Å². The maximum absolute atomic E-state index is 12.6. The Balaban J connectivity index is 2.71. The molecule has 0 fully saturated rings. The first-order valence-electron chi connectivity index (χ1n) is 5.81. The van der Waals surface area contributed by atoms with Gasteiger partial charge in [-0.2, -0.15) is 31.4 Å². The van der Waals surface area contributed by atoms with E-state index in [1.807, 2.05) is 5.32 Å². The molecule has 1 rings (SSSR count). The fourth-order valence-corrected chi connectivity index (χ4v) is 1.46. The summed E-state index contributed by atoms with van der Waals surface area (Å²) in [4.78, 5) is 0. The summed E-state index contributed by atoms with van der Waals surface area (Å²) in [6.45, 7) is 0.0613. The summed E-state index contributed by atoms with van der Waals surface area (Å²) >= 11 is 4.57. The fraction of sp³-hybridized carbons (Fsp3) is 0.333. The molecule has 0 aromatic heterocycles. The molecule has 0 radical (unpaired) electrons. The van der Waals surface area contributed by atoms with Crippen LogP contribution in [-0.2, 0) is 6.18 Å². The Bertz CT molecular complexity index is 565. The van der Waals surface area contributed by atoms with Crippen molar-refractivity contribution in [2.45, 2.75) is 19.3 Å². The topological polar surface area (TPSA) is 36.4 Å². The lowest BCUT2D eigenvalue weighted by atomic mass is 10.1. The summed E-state index contributed by atoms with van der Waals surface area (Å²) in [5.41, 5.74) is 1.60. The van der Waals surface area contributed by atoms with Gasteiger partial charge in [-0.1, -0.05) is 12.1 Å². The van der Waals surface area contributed by atoms with Crippen molar-refractivity contribution in [3.63, 3.8) is 0 Å². The average Bonchev–Trinajstić information content (AvgIpc) is 2.41. The first-order valence-corrected chi connectivity index (χ1v) is 6.22. The highest BCUT2D eigenvalue weighted by molar-refractivity contribution is 7.80. The number of hydrogen-bond acceptors (Lipinski definition) is 2. The molecule has 22 heavy (non-hydrogen) atoms. The minimum absolute atomic E-state index is 0.141. The summed E-state index contributed by atoms with van der Waals surface area (Å²) in [7, 11) is 0. The highest BCUT2D eigenvalue weighted by Crippen LogP contribution is 2.29. The van der Waals surface area contributed by atoms with Gasteiger partial charge in [0.2, 0.25) is 0 Å². The minimum Gasteiger partial charge on any atom is -0.352 e. The SMILES string of the molecule is C/C(=N\NC(=S)NCC(F)(F)F)c1cccc(C(F)(F)F)c1. The zero-order valence-electron chi connectivity index (χ0n) is 11.1. The summed E-state index contributed by atoms with van der Waals surface area (Å²) in [6, 6.07) is 4.38. The molecule has 0 heterocycles. The Kier molecular flexibility index (Phi) is 5.75. The van der Waals surface area contributed by atoms with Crippen molar-refractivity contribution >= 4 is 23.0 Å². The number of benzene rings is 1. The monoisotopic (exact) mass is 343 g/mol. The zero-order chi connectivity index (χ0) is 17.0. The van der Waals surface area contributed by atoms with E-state index in [1.54, 1.807) is 0 Å². The van der Waals surface area contributed by atoms with Gasteiger partial charge in [0.25, 0.3) is 0 Å². The molecule has 0 unspecified atom stereocenters. The predicted octanol–water partition coefficient (Wildman–Crippen LogP) is 3.46. The van der Waals surface area contributed by atoms with E-state index in [9.17, 15) is 26.3 Å². The van der Waals surface area contributed by atoms with E-state index < -0.39 is 24.5 Å². The summed E-state index contributed by atoms with van der Waals surface area (Å²) in [5.74, 6) is 0. The molecule has 0 amide bonds. The highest BCUT2D eigenvalue weighted by Gasteiger charge is 2.30. The molecule has 122 valence electrons. The van der Waals surface area contributed by atoms with E-state index in [1.165, 1.54) is 19.1 Å². The van der Waals surface area contributed by atoms with Crippen molar-refractivity contribution in [1.29, 1.82) is 0 Å². The van der Waals surface area contributed by atoms with E-state index in [0.29, 0.717) is 0 Å². The fourth-order valence-electron chi connectivity index (χ4n) is 1.34. The normalized spacial score (nSPS) is 13.0. The smallest absolute Gasteiger partial charge is 0.352 e. The number of halogens is 6. The van der Waals surface area contributed by atoms with Gasteiger partial charge in [-0.3, -0.25) is 5.43 Å². The molecule has 0 saturated carbocycles. The molecule has 2 N–H and O–H groups in total. The molecule has 0 saturated heterocycles. The van der Waals surface area contributed by atoms with Crippen molar-refractivity contribution in [1.82, 2.24) is 10.7 Å². The van der Waals surface area contributed by atoms with Crippen LogP contribution in [0, 0.1) is 0 Å². The highest BCUT2D eigenvalue weighted by atomic mass is 32.1. The van der Waals surface area contributed by atoms with Gasteiger partial charge < -0.3 is 5.32 Å². The Morgan fingerprint density at radius 1 is 1.18 bits per heavy atom. The molecule has 0 atom stereocenters. The number of thiocarbonyl (C=S) groups is 1. The van der Waals surface area contributed by atoms with Gasteiger partial charge in [0.05, 0.1) is 11.3 Å². The van der Waals surface area contributed by atoms with Crippen molar-refractivity contribution in [3.8, 4) is 0 Å². The number of nitrogens with zero attached hydrogens (tertiary/aromatic N) is 1. The molecule has 1 aromatic carbocycles. The second-order valence-electron chi connectivity index (χ2n) is 4.19. The largest absolute Gasteiger partial charge is 0.416 e. The van der Waals surface area contributed by atoms with E-state index in [-0.39, 0.29) is 16.4 Å². The van der Waals surface area contributed by atoms with Crippen LogP contribution in [0.15, 0.2) is 29.4 Å².